The fourth-order valence-electron chi connectivity index (χ4n) is 1.06. The molecule has 1 radical (unpaired) electrons. The van der Waals surface area contributed by atoms with Crippen molar-refractivity contribution in [1.82, 2.24) is 0 Å². The van der Waals surface area contributed by atoms with Gasteiger partial charge in [-0.1, -0.05) is 6.07 Å². The highest BCUT2D eigenvalue weighted by Crippen LogP contribution is 2.15. The average molecular weight is 149 g/mol. The molecule has 57 valence electrons. The lowest BCUT2D eigenvalue weighted by molar-refractivity contribution is 0.453. The Kier molecular flexibility index (Phi) is 2.55. The molecule has 0 atom stereocenters. The minimum atomic E-state index is 0.671. The molecule has 3 heteroatoms. The van der Waals surface area contributed by atoms with Gasteiger partial charge in [-0.05, 0) is 37.1 Å². The summed E-state index contributed by atoms with van der Waals surface area (Å²) < 4.78 is 4.80. The van der Waals surface area contributed by atoms with Crippen LogP contribution in [0.4, 0.5) is 0 Å². The van der Waals surface area contributed by atoms with Crippen LogP contribution in [-0.2, 0) is 0 Å². The fourth-order valence-corrected chi connectivity index (χ4v) is 1.06. The lowest BCUT2D eigenvalue weighted by Gasteiger charge is -2.03. The molecule has 0 fully saturated rings. The van der Waals surface area contributed by atoms with Crippen LogP contribution < -0.4 is 4.65 Å². The van der Waals surface area contributed by atoms with Crippen molar-refractivity contribution in [2.45, 2.75) is 13.8 Å². The zero-order chi connectivity index (χ0) is 8.27. The fraction of sp³-hybridized carbons (Fsp3) is 0.250. The van der Waals surface area contributed by atoms with E-state index >= 15 is 0 Å². The SMILES string of the molecule is Cc1cc(C)cc(O[B]O)c1. The van der Waals surface area contributed by atoms with Gasteiger partial charge in [0.15, 0.2) is 0 Å². The number of benzene rings is 1. The highest BCUT2D eigenvalue weighted by atomic mass is 16.5. The summed E-state index contributed by atoms with van der Waals surface area (Å²) in [5, 5.41) is 8.35. The summed E-state index contributed by atoms with van der Waals surface area (Å²) >= 11 is 0. The molecule has 0 unspecified atom stereocenters. The average Bonchev–Trinajstić information content (AvgIpc) is 1.85. The molecule has 11 heavy (non-hydrogen) atoms. The van der Waals surface area contributed by atoms with Crippen LogP contribution in [0.1, 0.15) is 11.1 Å². The van der Waals surface area contributed by atoms with Crippen LogP contribution in [0.3, 0.4) is 0 Å². The summed E-state index contributed by atoms with van der Waals surface area (Å²) in [5.74, 6) is 0.671. The second kappa shape index (κ2) is 3.44. The summed E-state index contributed by atoms with van der Waals surface area (Å²) in [5.41, 5.74) is 2.25. The third kappa shape index (κ3) is 2.28. The van der Waals surface area contributed by atoms with Gasteiger partial charge in [0, 0.05) is 0 Å². The van der Waals surface area contributed by atoms with E-state index in [1.165, 1.54) is 0 Å². The predicted octanol–water partition coefficient (Wildman–Crippen LogP) is 1.21. The normalized spacial score (nSPS) is 9.36. The monoisotopic (exact) mass is 149 g/mol. The lowest BCUT2D eigenvalue weighted by atomic mass is 10.1. The molecule has 1 aromatic rings. The van der Waals surface area contributed by atoms with Crippen molar-refractivity contribution in [2.75, 3.05) is 0 Å². The van der Waals surface area contributed by atoms with Crippen molar-refractivity contribution in [3.63, 3.8) is 0 Å². The standard InChI is InChI=1S/C8H10BO2/c1-6-3-7(2)5-8(4-6)11-9-10/h3-5,10H,1-2H3. The van der Waals surface area contributed by atoms with Gasteiger partial charge in [-0.2, -0.15) is 0 Å². The van der Waals surface area contributed by atoms with Crippen LogP contribution in [0.25, 0.3) is 0 Å². The Labute approximate surface area is 67.1 Å². The van der Waals surface area contributed by atoms with Crippen molar-refractivity contribution >= 4 is 7.69 Å². The maximum absolute atomic E-state index is 8.35. The number of rotatable bonds is 2. The van der Waals surface area contributed by atoms with Gasteiger partial charge in [-0.15, -0.1) is 0 Å². The highest BCUT2D eigenvalue weighted by molar-refractivity contribution is 6.17. The number of hydrogen-bond acceptors (Lipinski definition) is 2. The first-order valence-corrected chi connectivity index (χ1v) is 3.43. The van der Waals surface area contributed by atoms with Gasteiger partial charge in [-0.25, -0.2) is 0 Å². The molecule has 0 bridgehead atoms. The largest absolute Gasteiger partial charge is 0.569 e. The topological polar surface area (TPSA) is 29.5 Å². The van der Waals surface area contributed by atoms with Crippen molar-refractivity contribution in [3.8, 4) is 5.75 Å². The second-order valence-corrected chi connectivity index (χ2v) is 2.55. The van der Waals surface area contributed by atoms with Crippen molar-refractivity contribution < 1.29 is 9.68 Å². The highest BCUT2D eigenvalue weighted by Gasteiger charge is 1.95. The molecule has 2 nitrogen and oxygen atoms in total. The zero-order valence-corrected chi connectivity index (χ0v) is 6.66. The predicted molar refractivity (Wildman–Crippen MR) is 44.5 cm³/mol. The molecule has 0 aromatic heterocycles. The van der Waals surface area contributed by atoms with Crippen LogP contribution in [0.2, 0.25) is 0 Å². The molecule has 0 heterocycles. The maximum atomic E-state index is 8.35. The van der Waals surface area contributed by atoms with E-state index in [1.54, 1.807) is 0 Å². The van der Waals surface area contributed by atoms with E-state index in [9.17, 15) is 0 Å². The van der Waals surface area contributed by atoms with E-state index in [0.717, 1.165) is 11.1 Å². The molecule has 0 spiro atoms. The molecule has 0 saturated heterocycles. The van der Waals surface area contributed by atoms with Crippen LogP contribution in [-0.4, -0.2) is 12.7 Å². The van der Waals surface area contributed by atoms with Crippen LogP contribution in [0, 0.1) is 13.8 Å². The molecule has 1 rings (SSSR count). The number of aryl methyl sites for hydroxylation is 2. The lowest BCUT2D eigenvalue weighted by Crippen LogP contribution is -1.99. The first kappa shape index (κ1) is 8.14. The smallest absolute Gasteiger partial charge is 0.537 e. The molecule has 0 aliphatic rings. The van der Waals surface area contributed by atoms with E-state index < -0.39 is 0 Å². The minimum Gasteiger partial charge on any atom is -0.537 e. The Morgan fingerprint density at radius 2 is 1.73 bits per heavy atom. The summed E-state index contributed by atoms with van der Waals surface area (Å²) in [7, 11) is 0.689. The van der Waals surface area contributed by atoms with E-state index in [1.807, 2.05) is 32.0 Å². The van der Waals surface area contributed by atoms with Gasteiger partial charge in [0.2, 0.25) is 0 Å². The quantitative estimate of drug-likeness (QED) is 0.640. The Hall–Kier alpha value is -0.955. The summed E-state index contributed by atoms with van der Waals surface area (Å²) in [4.78, 5) is 0. The van der Waals surface area contributed by atoms with Gasteiger partial charge >= 0.3 is 7.69 Å². The molecule has 1 aromatic carbocycles. The van der Waals surface area contributed by atoms with Crippen LogP contribution in [0.15, 0.2) is 18.2 Å². The zero-order valence-electron chi connectivity index (χ0n) is 6.66. The van der Waals surface area contributed by atoms with Crippen LogP contribution in [0.5, 0.6) is 5.75 Å². The molecular weight excluding hydrogens is 139 g/mol. The Morgan fingerprint density at radius 1 is 1.18 bits per heavy atom. The molecular formula is C8H10BO2. The van der Waals surface area contributed by atoms with Gasteiger partial charge in [-0.3, -0.25) is 0 Å². The van der Waals surface area contributed by atoms with Crippen molar-refractivity contribution in [1.29, 1.82) is 0 Å². The summed E-state index contributed by atoms with van der Waals surface area (Å²) in [6, 6.07) is 5.77. The molecule has 0 aliphatic carbocycles. The first-order valence-electron chi connectivity index (χ1n) is 3.43. The Morgan fingerprint density at radius 3 is 2.18 bits per heavy atom. The summed E-state index contributed by atoms with van der Waals surface area (Å²) in [6.07, 6.45) is 0. The Bertz CT molecular complexity index is 228. The van der Waals surface area contributed by atoms with Gasteiger partial charge < -0.3 is 9.68 Å². The molecule has 0 saturated carbocycles. The third-order valence-electron chi connectivity index (χ3n) is 1.38. The van der Waals surface area contributed by atoms with Gasteiger partial charge in [0.05, 0.1) is 0 Å². The molecule has 0 amide bonds. The summed E-state index contributed by atoms with van der Waals surface area (Å²) in [6.45, 7) is 3.97. The van der Waals surface area contributed by atoms with E-state index in [-0.39, 0.29) is 0 Å². The molecule has 1 N–H and O–H groups in total. The van der Waals surface area contributed by atoms with Crippen molar-refractivity contribution in [2.24, 2.45) is 0 Å². The van der Waals surface area contributed by atoms with E-state index in [4.69, 9.17) is 9.68 Å². The van der Waals surface area contributed by atoms with Crippen molar-refractivity contribution in [3.05, 3.63) is 29.3 Å². The van der Waals surface area contributed by atoms with E-state index in [2.05, 4.69) is 0 Å². The maximum Gasteiger partial charge on any atom is 0.569 e. The van der Waals surface area contributed by atoms with Crippen LogP contribution >= 0.6 is 0 Å². The molecule has 0 aliphatic heterocycles. The number of hydrogen-bond donors (Lipinski definition) is 1. The third-order valence-corrected chi connectivity index (χ3v) is 1.38. The first-order chi connectivity index (χ1) is 5.22. The second-order valence-electron chi connectivity index (χ2n) is 2.55. The van der Waals surface area contributed by atoms with E-state index in [0.29, 0.717) is 13.4 Å². The minimum absolute atomic E-state index is 0.671. The Balaban J connectivity index is 2.89. The van der Waals surface area contributed by atoms with Gasteiger partial charge in [0.25, 0.3) is 0 Å². The van der Waals surface area contributed by atoms with Gasteiger partial charge in [0.1, 0.15) is 5.75 Å².